The molecule has 2 unspecified atom stereocenters. The molecule has 0 radical (unpaired) electrons. The number of tetrazole rings is 1. The summed E-state index contributed by atoms with van der Waals surface area (Å²) in [5.41, 5.74) is 2.07. The summed E-state index contributed by atoms with van der Waals surface area (Å²) in [5.74, 6) is -0.856. The predicted octanol–water partition coefficient (Wildman–Crippen LogP) is 3.01. The normalized spacial score (nSPS) is 12.2. The number of nitrogens with zero attached hydrogens (tertiary/aromatic N) is 4. The van der Waals surface area contributed by atoms with E-state index in [0.29, 0.717) is 28.2 Å². The van der Waals surface area contributed by atoms with Crippen LogP contribution in [-0.4, -0.2) is 64.0 Å². The molecule has 1 aromatic heterocycles. The third-order valence-electron chi connectivity index (χ3n) is 5.88. The molecule has 4 aromatic rings. The van der Waals surface area contributed by atoms with Gasteiger partial charge in [0.05, 0.1) is 25.4 Å². The maximum atomic E-state index is 13.3. The minimum absolute atomic E-state index is 0.191. The molecule has 0 fully saturated rings. The van der Waals surface area contributed by atoms with Gasteiger partial charge in [0.2, 0.25) is 0 Å². The molecule has 204 valence electrons. The molecular weight excluding hydrogens is 538 g/mol. The summed E-state index contributed by atoms with van der Waals surface area (Å²) in [6.45, 7) is -0.191. The van der Waals surface area contributed by atoms with E-state index in [-0.39, 0.29) is 23.5 Å². The van der Waals surface area contributed by atoms with Gasteiger partial charge in [-0.2, -0.15) is 4.68 Å². The van der Waals surface area contributed by atoms with E-state index in [2.05, 4.69) is 36.2 Å². The van der Waals surface area contributed by atoms with Gasteiger partial charge in [-0.3, -0.25) is 14.9 Å². The van der Waals surface area contributed by atoms with Crippen LogP contribution in [-0.2, 0) is 9.53 Å². The first-order chi connectivity index (χ1) is 19.4. The Labute approximate surface area is 233 Å². The van der Waals surface area contributed by atoms with Crippen molar-refractivity contribution in [2.24, 2.45) is 0 Å². The lowest BCUT2D eigenvalue weighted by molar-refractivity contribution is -0.110. The lowest BCUT2D eigenvalue weighted by Gasteiger charge is -2.26. The van der Waals surface area contributed by atoms with Crippen molar-refractivity contribution in [2.45, 2.75) is 12.1 Å². The van der Waals surface area contributed by atoms with Crippen molar-refractivity contribution in [1.82, 2.24) is 30.8 Å². The number of amides is 2. The Morgan fingerprint density at radius 2 is 1.80 bits per heavy atom. The van der Waals surface area contributed by atoms with Crippen LogP contribution in [0.2, 0.25) is 5.02 Å². The maximum absolute atomic E-state index is 13.3. The van der Waals surface area contributed by atoms with E-state index in [0.717, 1.165) is 0 Å². The first-order valence-corrected chi connectivity index (χ1v) is 12.3. The van der Waals surface area contributed by atoms with E-state index in [9.17, 15) is 19.2 Å². The van der Waals surface area contributed by atoms with E-state index >= 15 is 0 Å². The Bertz CT molecular complexity index is 1480. The van der Waals surface area contributed by atoms with Crippen LogP contribution in [0, 0.1) is 0 Å². The molecule has 0 spiro atoms. The van der Waals surface area contributed by atoms with Gasteiger partial charge in [-0.05, 0) is 58.5 Å². The van der Waals surface area contributed by atoms with Crippen molar-refractivity contribution in [2.75, 3.05) is 19.0 Å². The van der Waals surface area contributed by atoms with Crippen molar-refractivity contribution in [3.63, 3.8) is 0 Å². The minimum atomic E-state index is -1.03. The molecule has 0 aliphatic heterocycles. The lowest BCUT2D eigenvalue weighted by Crippen LogP contribution is -2.46. The summed E-state index contributed by atoms with van der Waals surface area (Å²) in [4.78, 5) is 49.9. The summed E-state index contributed by atoms with van der Waals surface area (Å²) >= 11 is 6.16. The molecule has 13 heteroatoms. The highest BCUT2D eigenvalue weighted by Gasteiger charge is 2.26. The molecule has 1 heterocycles. The highest BCUT2D eigenvalue weighted by atomic mass is 35.5. The van der Waals surface area contributed by atoms with Crippen LogP contribution in [0.25, 0.3) is 5.69 Å². The summed E-state index contributed by atoms with van der Waals surface area (Å²) in [5, 5.41) is 19.7. The zero-order valence-corrected chi connectivity index (χ0v) is 21.9. The van der Waals surface area contributed by atoms with Gasteiger partial charge in [-0.1, -0.05) is 41.9 Å². The van der Waals surface area contributed by atoms with Gasteiger partial charge < -0.3 is 20.2 Å². The number of ether oxygens (including phenoxy) is 1. The number of ketones is 1. The van der Waals surface area contributed by atoms with Crippen molar-refractivity contribution < 1.29 is 23.9 Å². The number of benzene rings is 3. The number of halogens is 1. The number of aromatic nitrogens is 4. The second-order valence-electron chi connectivity index (χ2n) is 8.44. The smallest absolute Gasteiger partial charge is 0.411 e. The van der Waals surface area contributed by atoms with Crippen LogP contribution >= 0.6 is 11.6 Å². The fourth-order valence-electron chi connectivity index (χ4n) is 3.92. The standard InChI is InChI=1S/C27H24ClN7O5/c1-40-27(39)31-20-10-7-18(8-11-20)26(38)32-22(15-36)25(17-5-3-2-4-6-17)29-14-24(37)21-13-19(28)9-12-23(21)35-16-30-33-34-35/h2-13,15-16,22,25,29H,14H2,1H3,(H,31,39)(H,32,38). The molecule has 40 heavy (non-hydrogen) atoms. The van der Waals surface area contributed by atoms with Gasteiger partial charge in [0.15, 0.2) is 5.78 Å². The molecule has 0 saturated carbocycles. The molecule has 0 aliphatic rings. The van der Waals surface area contributed by atoms with Crippen molar-refractivity contribution in [1.29, 1.82) is 0 Å². The Morgan fingerprint density at radius 3 is 2.45 bits per heavy atom. The predicted molar refractivity (Wildman–Crippen MR) is 145 cm³/mol. The first-order valence-electron chi connectivity index (χ1n) is 11.9. The first kappa shape index (κ1) is 28.1. The zero-order chi connectivity index (χ0) is 28.5. The molecule has 3 aromatic carbocycles. The van der Waals surface area contributed by atoms with E-state index in [1.165, 1.54) is 48.5 Å². The minimum Gasteiger partial charge on any atom is -0.453 e. The van der Waals surface area contributed by atoms with Crippen LogP contribution in [0.1, 0.15) is 32.3 Å². The number of rotatable bonds is 11. The molecule has 0 bridgehead atoms. The highest BCUT2D eigenvalue weighted by Crippen LogP contribution is 2.21. The summed E-state index contributed by atoms with van der Waals surface area (Å²) in [6, 6.07) is 18.0. The number of Topliss-reactive ketones (excluding diaryl/α,β-unsaturated/α-hetero) is 1. The number of carbonyl (C=O) groups is 4. The largest absolute Gasteiger partial charge is 0.453 e. The second kappa shape index (κ2) is 13.2. The number of aldehydes is 1. The van der Waals surface area contributed by atoms with Crippen molar-refractivity contribution in [3.8, 4) is 5.69 Å². The Kier molecular flexibility index (Phi) is 9.28. The van der Waals surface area contributed by atoms with Gasteiger partial charge in [0.25, 0.3) is 5.91 Å². The Morgan fingerprint density at radius 1 is 1.05 bits per heavy atom. The molecule has 2 atom stereocenters. The Hall–Kier alpha value is -4.94. The van der Waals surface area contributed by atoms with Crippen LogP contribution in [0.3, 0.4) is 0 Å². The van der Waals surface area contributed by atoms with E-state index in [1.807, 2.05) is 6.07 Å². The topological polar surface area (TPSA) is 157 Å². The second-order valence-corrected chi connectivity index (χ2v) is 8.87. The summed E-state index contributed by atoms with van der Waals surface area (Å²) in [7, 11) is 1.24. The highest BCUT2D eigenvalue weighted by molar-refractivity contribution is 6.31. The number of carbonyl (C=O) groups excluding carboxylic acids is 4. The van der Waals surface area contributed by atoms with Crippen molar-refractivity contribution in [3.05, 3.63) is 101 Å². The van der Waals surface area contributed by atoms with Gasteiger partial charge in [-0.15, -0.1) is 5.10 Å². The fraction of sp³-hybridized carbons (Fsp3) is 0.148. The molecule has 4 rings (SSSR count). The number of methoxy groups -OCH3 is 1. The van der Waals surface area contributed by atoms with E-state index < -0.39 is 24.1 Å². The third kappa shape index (κ3) is 6.92. The van der Waals surface area contributed by atoms with E-state index in [4.69, 9.17) is 11.6 Å². The number of nitrogens with one attached hydrogen (secondary N) is 3. The molecule has 12 nitrogen and oxygen atoms in total. The molecule has 0 aliphatic carbocycles. The Balaban J connectivity index is 1.52. The van der Waals surface area contributed by atoms with Crippen LogP contribution in [0.5, 0.6) is 0 Å². The average Bonchev–Trinajstić information content (AvgIpc) is 3.52. The summed E-state index contributed by atoms with van der Waals surface area (Å²) in [6.07, 6.45) is 1.31. The molecule has 0 saturated heterocycles. The SMILES string of the molecule is COC(=O)Nc1ccc(C(=O)NC(C=O)C(NCC(=O)c2cc(Cl)ccc2-n2cnnn2)c2ccccc2)cc1. The molecule has 2 amide bonds. The summed E-state index contributed by atoms with van der Waals surface area (Å²) < 4.78 is 5.90. The van der Waals surface area contributed by atoms with Crippen LogP contribution in [0.4, 0.5) is 10.5 Å². The van der Waals surface area contributed by atoms with Crippen LogP contribution < -0.4 is 16.0 Å². The van der Waals surface area contributed by atoms with Gasteiger partial charge in [0, 0.05) is 21.8 Å². The van der Waals surface area contributed by atoms with Gasteiger partial charge in [-0.25, -0.2) is 4.79 Å². The monoisotopic (exact) mass is 561 g/mol. The van der Waals surface area contributed by atoms with Crippen molar-refractivity contribution >= 4 is 41.4 Å². The van der Waals surface area contributed by atoms with Gasteiger partial charge >= 0.3 is 6.09 Å². The maximum Gasteiger partial charge on any atom is 0.411 e. The fourth-order valence-corrected chi connectivity index (χ4v) is 4.09. The van der Waals surface area contributed by atoms with Crippen LogP contribution in [0.15, 0.2) is 79.1 Å². The average molecular weight is 562 g/mol. The third-order valence-corrected chi connectivity index (χ3v) is 6.11. The molecule has 3 N–H and O–H groups in total. The van der Waals surface area contributed by atoms with Gasteiger partial charge in [0.1, 0.15) is 18.7 Å². The lowest BCUT2D eigenvalue weighted by atomic mass is 9.98. The molecular formula is C27H24ClN7O5. The van der Waals surface area contributed by atoms with E-state index in [1.54, 1.807) is 36.4 Å². The quantitative estimate of drug-likeness (QED) is 0.185. The number of hydrogen-bond donors (Lipinski definition) is 3. The number of hydrogen-bond acceptors (Lipinski definition) is 9. The number of anilines is 1. The zero-order valence-electron chi connectivity index (χ0n) is 21.2.